The maximum absolute atomic E-state index is 3.79. The molecule has 3 rings (SSSR count). The van der Waals surface area contributed by atoms with Crippen LogP contribution in [0, 0.1) is 5.92 Å². The molecule has 1 aromatic rings. The van der Waals surface area contributed by atoms with Crippen LogP contribution in [-0.4, -0.2) is 12.3 Å². The predicted molar refractivity (Wildman–Crippen MR) is 79.1 cm³/mol. The standard InChI is InChI=1S/C16H23NS/c1-2-6-13(5-1)9-11-17-15-10-12-18-16-8-4-3-7-14(15)16/h3-4,7-8,13,15,17H,1-2,5-6,9-12H2. The molecular formula is C16H23NS. The molecule has 1 aliphatic heterocycles. The molecule has 2 aliphatic rings. The molecule has 1 saturated carbocycles. The van der Waals surface area contributed by atoms with Gasteiger partial charge in [-0.05, 0) is 42.7 Å². The first kappa shape index (κ1) is 12.6. The van der Waals surface area contributed by atoms with Crippen LogP contribution >= 0.6 is 11.8 Å². The number of hydrogen-bond acceptors (Lipinski definition) is 2. The van der Waals surface area contributed by atoms with Crippen molar-refractivity contribution in [3.8, 4) is 0 Å². The molecular weight excluding hydrogens is 238 g/mol. The minimum atomic E-state index is 0.601. The lowest BCUT2D eigenvalue weighted by molar-refractivity contribution is 0.435. The van der Waals surface area contributed by atoms with Gasteiger partial charge in [0.15, 0.2) is 0 Å². The van der Waals surface area contributed by atoms with Crippen molar-refractivity contribution >= 4 is 11.8 Å². The van der Waals surface area contributed by atoms with Crippen LogP contribution in [0.1, 0.15) is 50.1 Å². The molecule has 0 radical (unpaired) electrons. The van der Waals surface area contributed by atoms with Crippen molar-refractivity contribution in [3.63, 3.8) is 0 Å². The van der Waals surface area contributed by atoms with Crippen molar-refractivity contribution in [1.29, 1.82) is 0 Å². The summed E-state index contributed by atoms with van der Waals surface area (Å²) in [5.74, 6) is 2.27. The van der Waals surface area contributed by atoms with Crippen molar-refractivity contribution in [3.05, 3.63) is 29.8 Å². The quantitative estimate of drug-likeness (QED) is 0.862. The second kappa shape index (κ2) is 6.12. The Morgan fingerprint density at radius 1 is 1.11 bits per heavy atom. The van der Waals surface area contributed by atoms with E-state index in [0.717, 1.165) is 5.92 Å². The first-order chi connectivity index (χ1) is 8.93. The van der Waals surface area contributed by atoms with Crippen LogP contribution in [0.5, 0.6) is 0 Å². The van der Waals surface area contributed by atoms with E-state index in [9.17, 15) is 0 Å². The van der Waals surface area contributed by atoms with Gasteiger partial charge in [-0.25, -0.2) is 0 Å². The summed E-state index contributed by atoms with van der Waals surface area (Å²) in [6.45, 7) is 1.20. The lowest BCUT2D eigenvalue weighted by atomic mass is 10.0. The zero-order valence-corrected chi connectivity index (χ0v) is 11.8. The molecule has 1 atom stereocenters. The number of hydrogen-bond donors (Lipinski definition) is 1. The highest BCUT2D eigenvalue weighted by Crippen LogP contribution is 2.36. The third-order valence-corrected chi connectivity index (χ3v) is 5.50. The number of nitrogens with one attached hydrogen (secondary N) is 1. The minimum absolute atomic E-state index is 0.601. The Morgan fingerprint density at radius 2 is 1.94 bits per heavy atom. The Labute approximate surface area is 115 Å². The van der Waals surface area contributed by atoms with Crippen molar-refractivity contribution < 1.29 is 0 Å². The van der Waals surface area contributed by atoms with E-state index in [1.807, 2.05) is 11.8 Å². The highest BCUT2D eigenvalue weighted by molar-refractivity contribution is 7.99. The Bertz CT molecular complexity index is 384. The van der Waals surface area contributed by atoms with Gasteiger partial charge < -0.3 is 5.32 Å². The van der Waals surface area contributed by atoms with Crippen molar-refractivity contribution in [2.45, 2.75) is 49.5 Å². The molecule has 1 aliphatic carbocycles. The normalized spacial score (nSPS) is 24.1. The maximum Gasteiger partial charge on any atom is 0.0339 e. The molecule has 0 aromatic heterocycles. The van der Waals surface area contributed by atoms with Crippen LogP contribution in [0.3, 0.4) is 0 Å². The van der Waals surface area contributed by atoms with Gasteiger partial charge in [0.05, 0.1) is 0 Å². The van der Waals surface area contributed by atoms with Gasteiger partial charge in [0.1, 0.15) is 0 Å². The molecule has 1 nitrogen and oxygen atoms in total. The molecule has 1 unspecified atom stereocenters. The fraction of sp³-hybridized carbons (Fsp3) is 0.625. The zero-order chi connectivity index (χ0) is 12.2. The van der Waals surface area contributed by atoms with Crippen LogP contribution in [-0.2, 0) is 0 Å². The van der Waals surface area contributed by atoms with E-state index >= 15 is 0 Å². The van der Waals surface area contributed by atoms with Gasteiger partial charge in [0.25, 0.3) is 0 Å². The van der Waals surface area contributed by atoms with Crippen LogP contribution in [0.25, 0.3) is 0 Å². The summed E-state index contributed by atoms with van der Waals surface area (Å²) in [4.78, 5) is 1.49. The second-order valence-corrected chi connectivity index (χ2v) is 6.76. The Balaban J connectivity index is 1.54. The topological polar surface area (TPSA) is 12.0 Å². The molecule has 1 fully saturated rings. The van der Waals surface area contributed by atoms with Crippen LogP contribution in [0.4, 0.5) is 0 Å². The average molecular weight is 261 g/mol. The third-order valence-electron chi connectivity index (χ3n) is 4.38. The van der Waals surface area contributed by atoms with E-state index in [1.54, 1.807) is 0 Å². The summed E-state index contributed by atoms with van der Waals surface area (Å²) < 4.78 is 0. The average Bonchev–Trinajstić information content (AvgIpc) is 2.92. The molecule has 0 saturated heterocycles. The van der Waals surface area contributed by atoms with E-state index < -0.39 is 0 Å². The first-order valence-electron chi connectivity index (χ1n) is 7.38. The van der Waals surface area contributed by atoms with Crippen molar-refractivity contribution in [1.82, 2.24) is 5.32 Å². The summed E-state index contributed by atoms with van der Waals surface area (Å²) in [6, 6.07) is 9.51. The third kappa shape index (κ3) is 2.92. The lowest BCUT2D eigenvalue weighted by Gasteiger charge is -2.26. The molecule has 1 aromatic carbocycles. The molecule has 98 valence electrons. The summed E-state index contributed by atoms with van der Waals surface area (Å²) in [6.07, 6.45) is 8.54. The van der Waals surface area contributed by atoms with E-state index in [2.05, 4.69) is 29.6 Å². The summed E-state index contributed by atoms with van der Waals surface area (Å²) >= 11 is 2.01. The highest BCUT2D eigenvalue weighted by Gasteiger charge is 2.20. The van der Waals surface area contributed by atoms with Gasteiger partial charge in [-0.3, -0.25) is 0 Å². The monoisotopic (exact) mass is 261 g/mol. The summed E-state index contributed by atoms with van der Waals surface area (Å²) in [7, 11) is 0. The molecule has 0 bridgehead atoms. The van der Waals surface area contributed by atoms with Crippen molar-refractivity contribution in [2.24, 2.45) is 5.92 Å². The van der Waals surface area contributed by atoms with Gasteiger partial charge in [0.2, 0.25) is 0 Å². The van der Waals surface area contributed by atoms with Crippen molar-refractivity contribution in [2.75, 3.05) is 12.3 Å². The number of fused-ring (bicyclic) bond motifs is 1. The fourth-order valence-corrected chi connectivity index (χ4v) is 4.44. The predicted octanol–water partition coefficient (Wildman–Crippen LogP) is 4.39. The molecule has 2 heteroatoms. The largest absolute Gasteiger partial charge is 0.310 e. The fourth-order valence-electron chi connectivity index (χ4n) is 3.31. The smallest absolute Gasteiger partial charge is 0.0339 e. The van der Waals surface area contributed by atoms with Gasteiger partial charge in [-0.1, -0.05) is 43.9 Å². The van der Waals surface area contributed by atoms with E-state index in [4.69, 9.17) is 0 Å². The van der Waals surface area contributed by atoms with E-state index in [0.29, 0.717) is 6.04 Å². The molecule has 0 spiro atoms. The van der Waals surface area contributed by atoms with Crippen LogP contribution < -0.4 is 5.32 Å². The van der Waals surface area contributed by atoms with E-state index in [-0.39, 0.29) is 0 Å². The Kier molecular flexibility index (Phi) is 4.27. The number of rotatable bonds is 4. The van der Waals surface area contributed by atoms with Crippen LogP contribution in [0.2, 0.25) is 0 Å². The first-order valence-corrected chi connectivity index (χ1v) is 8.37. The van der Waals surface area contributed by atoms with E-state index in [1.165, 1.54) is 61.3 Å². The highest BCUT2D eigenvalue weighted by atomic mass is 32.2. The van der Waals surface area contributed by atoms with Gasteiger partial charge in [-0.15, -0.1) is 11.8 Å². The maximum atomic E-state index is 3.79. The summed E-state index contributed by atoms with van der Waals surface area (Å²) in [5.41, 5.74) is 1.53. The van der Waals surface area contributed by atoms with Crippen LogP contribution in [0.15, 0.2) is 29.2 Å². The Morgan fingerprint density at radius 3 is 2.83 bits per heavy atom. The number of benzene rings is 1. The SMILES string of the molecule is c1ccc2c(c1)SCCC2NCCC1CCCC1. The van der Waals surface area contributed by atoms with Gasteiger partial charge in [0, 0.05) is 10.9 Å². The zero-order valence-electron chi connectivity index (χ0n) is 11.0. The lowest BCUT2D eigenvalue weighted by Crippen LogP contribution is -2.26. The molecule has 0 amide bonds. The molecule has 1 N–H and O–H groups in total. The second-order valence-electron chi connectivity index (χ2n) is 5.62. The molecule has 1 heterocycles. The van der Waals surface area contributed by atoms with Gasteiger partial charge in [-0.2, -0.15) is 0 Å². The molecule has 18 heavy (non-hydrogen) atoms. The summed E-state index contributed by atoms with van der Waals surface area (Å²) in [5, 5.41) is 3.79. The minimum Gasteiger partial charge on any atom is -0.310 e. The van der Waals surface area contributed by atoms with Gasteiger partial charge >= 0.3 is 0 Å². The Hall–Kier alpha value is -0.470. The number of thioether (sulfide) groups is 1.